The molecule has 0 spiro atoms. The quantitative estimate of drug-likeness (QED) is 0.149. The van der Waals surface area contributed by atoms with Crippen LogP contribution < -0.4 is 9.47 Å². The first-order valence-corrected chi connectivity index (χ1v) is 20.8. The number of ether oxygens (including phenoxy) is 2. The van der Waals surface area contributed by atoms with E-state index in [9.17, 15) is 10.2 Å². The van der Waals surface area contributed by atoms with Gasteiger partial charge in [0.2, 0.25) is 0 Å². The molecule has 0 radical (unpaired) electrons. The van der Waals surface area contributed by atoms with Gasteiger partial charge in [-0.15, -0.1) is 0 Å². The van der Waals surface area contributed by atoms with Crippen LogP contribution in [-0.4, -0.2) is 86.7 Å². The maximum absolute atomic E-state index is 12.2. The SMILES string of the molecule is COc1cccc(C=C2CCCC(CN(C)C)C2(O)Cc2cc(C)ccc2C)c1.COc1cccc(C=C2CCCC(CN(C)C)C2(O)Cc2cccc(Cl)c2)c1. The third-order valence-corrected chi connectivity index (χ3v) is 12.1. The molecule has 2 fully saturated rings. The third kappa shape index (κ3) is 11.8. The van der Waals surface area contributed by atoms with Gasteiger partial charge in [0.15, 0.2) is 0 Å². The van der Waals surface area contributed by atoms with Crippen LogP contribution in [0.5, 0.6) is 11.5 Å². The minimum absolute atomic E-state index is 0.173. The number of aryl methyl sites for hydroxylation is 2. The van der Waals surface area contributed by atoms with Gasteiger partial charge in [-0.2, -0.15) is 0 Å². The highest BCUT2D eigenvalue weighted by Crippen LogP contribution is 2.44. The Labute approximate surface area is 347 Å². The smallest absolute Gasteiger partial charge is 0.119 e. The van der Waals surface area contributed by atoms with Crippen molar-refractivity contribution in [3.8, 4) is 11.5 Å². The molecule has 2 aliphatic carbocycles. The fourth-order valence-corrected chi connectivity index (χ4v) is 9.11. The zero-order valence-corrected chi connectivity index (χ0v) is 36.3. The summed E-state index contributed by atoms with van der Waals surface area (Å²) in [6, 6.07) is 30.5. The van der Waals surface area contributed by atoms with Crippen molar-refractivity contribution in [2.24, 2.45) is 11.8 Å². The summed E-state index contributed by atoms with van der Waals surface area (Å²) in [7, 11) is 11.7. The van der Waals surface area contributed by atoms with Crippen LogP contribution in [0.3, 0.4) is 0 Å². The normalized spacial score (nSPS) is 23.7. The number of rotatable bonds is 12. The lowest BCUT2D eigenvalue weighted by Crippen LogP contribution is -2.48. The van der Waals surface area contributed by atoms with Gasteiger partial charge in [-0.1, -0.05) is 83.9 Å². The summed E-state index contributed by atoms with van der Waals surface area (Å²) >= 11 is 6.21. The minimum Gasteiger partial charge on any atom is -0.497 e. The lowest BCUT2D eigenvalue weighted by atomic mass is 9.68. The van der Waals surface area contributed by atoms with Gasteiger partial charge in [0.1, 0.15) is 11.5 Å². The molecule has 0 amide bonds. The molecule has 0 heterocycles. The van der Waals surface area contributed by atoms with Crippen molar-refractivity contribution in [1.29, 1.82) is 0 Å². The maximum Gasteiger partial charge on any atom is 0.119 e. The topological polar surface area (TPSA) is 65.4 Å². The fourth-order valence-electron chi connectivity index (χ4n) is 8.89. The van der Waals surface area contributed by atoms with Crippen molar-refractivity contribution in [2.45, 2.75) is 76.4 Å². The molecule has 0 saturated heterocycles. The lowest BCUT2D eigenvalue weighted by molar-refractivity contribution is -0.0126. The van der Waals surface area contributed by atoms with E-state index in [1.165, 1.54) is 16.7 Å². The molecule has 7 heteroatoms. The Hall–Kier alpha value is -3.91. The number of methoxy groups -OCH3 is 2. The molecule has 0 aromatic heterocycles. The Morgan fingerprint density at radius 1 is 0.667 bits per heavy atom. The van der Waals surface area contributed by atoms with Crippen LogP contribution in [0.1, 0.15) is 71.9 Å². The summed E-state index contributed by atoms with van der Waals surface area (Å²) in [5.74, 6) is 2.06. The van der Waals surface area contributed by atoms with E-state index in [-0.39, 0.29) is 11.8 Å². The molecular formula is C50H65ClN2O4. The fraction of sp³-hybridized carbons (Fsp3) is 0.440. The second kappa shape index (κ2) is 20.2. The first-order valence-electron chi connectivity index (χ1n) is 20.5. The van der Waals surface area contributed by atoms with E-state index in [1.54, 1.807) is 14.2 Å². The van der Waals surface area contributed by atoms with Crippen LogP contribution in [-0.2, 0) is 12.8 Å². The summed E-state index contributed by atoms with van der Waals surface area (Å²) in [6.45, 7) is 6.01. The number of hydrogen-bond donors (Lipinski definition) is 2. The number of halogens is 1. The van der Waals surface area contributed by atoms with Gasteiger partial charge in [0, 0.05) is 42.8 Å². The highest BCUT2D eigenvalue weighted by Gasteiger charge is 2.44. The Morgan fingerprint density at radius 2 is 1.18 bits per heavy atom. The lowest BCUT2D eigenvalue weighted by Gasteiger charge is -2.44. The van der Waals surface area contributed by atoms with E-state index in [2.05, 4.69) is 94.3 Å². The molecule has 4 aromatic rings. The molecule has 306 valence electrons. The highest BCUT2D eigenvalue weighted by molar-refractivity contribution is 6.30. The van der Waals surface area contributed by atoms with Crippen LogP contribution in [0, 0.1) is 25.7 Å². The Kier molecular flexibility index (Phi) is 15.6. The standard InChI is InChI=1S/C26H35NO2.C24H30ClNO2/c1-19-12-13-20(2)22(14-19)17-26(28)23(9-7-10-24(26)18-27(3)4)15-21-8-6-11-25(16-21)29-5;1-26(2)17-21-10-6-9-20(13-18-7-5-12-23(15-18)28-3)24(21,27)16-19-8-4-11-22(25)14-19/h6,8,11-16,24,28H,7,9-10,17-18H2,1-5H3;4-5,7-8,11-15,21,27H,6,9-10,16-17H2,1-3H3. The van der Waals surface area contributed by atoms with Crippen LogP contribution in [0.15, 0.2) is 102 Å². The summed E-state index contributed by atoms with van der Waals surface area (Å²) < 4.78 is 10.8. The number of nitrogens with zero attached hydrogens (tertiary/aromatic N) is 2. The van der Waals surface area contributed by atoms with Crippen LogP contribution in [0.2, 0.25) is 5.02 Å². The van der Waals surface area contributed by atoms with Crippen LogP contribution in [0.25, 0.3) is 12.2 Å². The molecule has 4 unspecified atom stereocenters. The van der Waals surface area contributed by atoms with Gasteiger partial charge in [0.05, 0.1) is 25.4 Å². The van der Waals surface area contributed by atoms with Gasteiger partial charge >= 0.3 is 0 Å². The molecule has 0 bridgehead atoms. The number of benzene rings is 4. The average Bonchev–Trinajstić information content (AvgIpc) is 3.17. The molecule has 4 atom stereocenters. The first-order chi connectivity index (χ1) is 27.2. The molecule has 6 nitrogen and oxygen atoms in total. The van der Waals surface area contributed by atoms with E-state index in [0.29, 0.717) is 17.9 Å². The first kappa shape index (κ1) is 44.2. The zero-order valence-electron chi connectivity index (χ0n) is 35.5. The monoisotopic (exact) mass is 792 g/mol. The Bertz CT molecular complexity index is 1990. The second-order valence-electron chi connectivity index (χ2n) is 16.9. The predicted molar refractivity (Wildman–Crippen MR) is 238 cm³/mol. The predicted octanol–water partition coefficient (Wildman–Crippen LogP) is 10.1. The molecule has 0 aliphatic heterocycles. The van der Waals surface area contributed by atoms with Gasteiger partial charge in [0.25, 0.3) is 0 Å². The van der Waals surface area contributed by atoms with E-state index < -0.39 is 11.2 Å². The molecular weight excluding hydrogens is 728 g/mol. The Morgan fingerprint density at radius 3 is 1.67 bits per heavy atom. The molecule has 2 N–H and O–H groups in total. The summed E-state index contributed by atoms with van der Waals surface area (Å²) in [5.41, 5.74) is 7.45. The van der Waals surface area contributed by atoms with Crippen molar-refractivity contribution in [2.75, 3.05) is 55.5 Å². The molecule has 2 aliphatic rings. The molecule has 2 saturated carbocycles. The summed E-state index contributed by atoms with van der Waals surface area (Å²) in [5, 5.41) is 24.9. The number of aliphatic hydroxyl groups is 2. The van der Waals surface area contributed by atoms with E-state index in [1.807, 2.05) is 60.7 Å². The molecule has 6 rings (SSSR count). The van der Waals surface area contributed by atoms with E-state index >= 15 is 0 Å². The highest BCUT2D eigenvalue weighted by atomic mass is 35.5. The third-order valence-electron chi connectivity index (χ3n) is 11.8. The van der Waals surface area contributed by atoms with Gasteiger partial charge in [-0.25, -0.2) is 0 Å². The second-order valence-corrected chi connectivity index (χ2v) is 17.3. The largest absolute Gasteiger partial charge is 0.497 e. The van der Waals surface area contributed by atoms with Crippen molar-refractivity contribution < 1.29 is 19.7 Å². The van der Waals surface area contributed by atoms with Crippen molar-refractivity contribution in [1.82, 2.24) is 9.80 Å². The zero-order chi connectivity index (χ0) is 41.2. The van der Waals surface area contributed by atoms with Crippen molar-refractivity contribution >= 4 is 23.8 Å². The van der Waals surface area contributed by atoms with Gasteiger partial charge < -0.3 is 29.5 Å². The van der Waals surface area contributed by atoms with E-state index in [0.717, 1.165) is 91.0 Å². The van der Waals surface area contributed by atoms with Crippen LogP contribution >= 0.6 is 11.6 Å². The maximum atomic E-state index is 12.2. The van der Waals surface area contributed by atoms with Crippen molar-refractivity contribution in [3.05, 3.63) is 141 Å². The molecule has 57 heavy (non-hydrogen) atoms. The summed E-state index contributed by atoms with van der Waals surface area (Å²) in [4.78, 5) is 4.37. The van der Waals surface area contributed by atoms with Crippen LogP contribution in [0.4, 0.5) is 0 Å². The minimum atomic E-state index is -0.893. The summed E-state index contributed by atoms with van der Waals surface area (Å²) in [6.07, 6.45) is 11.7. The van der Waals surface area contributed by atoms with Gasteiger partial charge in [-0.05, 0) is 156 Å². The molecule has 4 aromatic carbocycles. The van der Waals surface area contributed by atoms with Crippen molar-refractivity contribution in [3.63, 3.8) is 0 Å². The number of hydrogen-bond acceptors (Lipinski definition) is 6. The van der Waals surface area contributed by atoms with Gasteiger partial charge in [-0.3, -0.25) is 0 Å². The van der Waals surface area contributed by atoms with E-state index in [4.69, 9.17) is 21.1 Å². The average molecular weight is 794 g/mol. The Balaban J connectivity index is 0.000000218.